The molecule has 0 amide bonds. The topological polar surface area (TPSA) is 62.5 Å². The number of hydrogen-bond acceptors (Lipinski definition) is 3. The Bertz CT molecular complexity index is 855. The Labute approximate surface area is 154 Å². The highest BCUT2D eigenvalue weighted by molar-refractivity contribution is 5.79. The third-order valence-electron chi connectivity index (χ3n) is 4.02. The van der Waals surface area contributed by atoms with Gasteiger partial charge in [-0.2, -0.15) is 0 Å². The van der Waals surface area contributed by atoms with Crippen LogP contribution in [0.3, 0.4) is 0 Å². The summed E-state index contributed by atoms with van der Waals surface area (Å²) in [7, 11) is 0. The molecule has 0 aliphatic carbocycles. The van der Waals surface area contributed by atoms with Crippen LogP contribution < -0.4 is 10.6 Å². The highest BCUT2D eigenvalue weighted by Crippen LogP contribution is 2.17. The smallest absolute Gasteiger partial charge is 0.226 e. The zero-order valence-electron chi connectivity index (χ0n) is 15.2. The summed E-state index contributed by atoms with van der Waals surface area (Å²) in [5.41, 5.74) is 4.28. The number of benzene rings is 2. The predicted molar refractivity (Wildman–Crippen MR) is 105 cm³/mol. The van der Waals surface area contributed by atoms with Gasteiger partial charge in [-0.3, -0.25) is 0 Å². The number of nitrogens with one attached hydrogen (secondary N) is 2. The van der Waals surface area contributed by atoms with Gasteiger partial charge in [0.25, 0.3) is 0 Å². The Morgan fingerprint density at radius 1 is 1.04 bits per heavy atom. The fourth-order valence-electron chi connectivity index (χ4n) is 2.57. The molecule has 1 aromatic heterocycles. The maximum absolute atomic E-state index is 5.58. The van der Waals surface area contributed by atoms with Crippen molar-refractivity contribution >= 4 is 5.96 Å². The number of hydrogen-bond donors (Lipinski definition) is 2. The average Bonchev–Trinajstić information content (AvgIpc) is 3.15. The Balaban J connectivity index is 1.63. The van der Waals surface area contributed by atoms with Gasteiger partial charge in [-0.05, 0) is 37.1 Å². The van der Waals surface area contributed by atoms with Gasteiger partial charge in [0, 0.05) is 12.1 Å². The number of aromatic nitrogens is 1. The van der Waals surface area contributed by atoms with Crippen LogP contribution in [0.2, 0.25) is 0 Å². The highest BCUT2D eigenvalue weighted by atomic mass is 16.3. The molecule has 0 spiro atoms. The van der Waals surface area contributed by atoms with Crippen molar-refractivity contribution in [3.05, 3.63) is 77.7 Å². The molecule has 0 fully saturated rings. The van der Waals surface area contributed by atoms with Gasteiger partial charge in [-0.25, -0.2) is 9.98 Å². The van der Waals surface area contributed by atoms with Crippen molar-refractivity contribution < 1.29 is 4.42 Å². The van der Waals surface area contributed by atoms with Crippen LogP contribution in [-0.2, 0) is 13.1 Å². The van der Waals surface area contributed by atoms with Crippen LogP contribution in [0.15, 0.2) is 70.3 Å². The van der Waals surface area contributed by atoms with Crippen LogP contribution >= 0.6 is 0 Å². The first-order valence-electron chi connectivity index (χ1n) is 8.82. The van der Waals surface area contributed by atoms with Crippen molar-refractivity contribution in [2.75, 3.05) is 6.54 Å². The van der Waals surface area contributed by atoms with Crippen LogP contribution in [0.5, 0.6) is 0 Å². The van der Waals surface area contributed by atoms with E-state index in [2.05, 4.69) is 46.6 Å². The first-order valence-corrected chi connectivity index (χ1v) is 8.82. The molecule has 0 aliphatic heterocycles. The van der Waals surface area contributed by atoms with E-state index in [0.29, 0.717) is 19.0 Å². The van der Waals surface area contributed by atoms with Gasteiger partial charge < -0.3 is 15.1 Å². The molecule has 2 aromatic carbocycles. The van der Waals surface area contributed by atoms with Crippen LogP contribution in [0, 0.1) is 6.92 Å². The monoisotopic (exact) mass is 348 g/mol. The molecule has 0 atom stereocenters. The van der Waals surface area contributed by atoms with Crippen molar-refractivity contribution in [3.8, 4) is 11.5 Å². The Hall–Kier alpha value is -3.08. The molecule has 2 N–H and O–H groups in total. The molecule has 0 saturated carbocycles. The number of aryl methyl sites for hydroxylation is 1. The van der Waals surface area contributed by atoms with Crippen LogP contribution in [0.25, 0.3) is 11.5 Å². The minimum atomic E-state index is 0.552. The summed E-state index contributed by atoms with van der Waals surface area (Å²) >= 11 is 0. The van der Waals surface area contributed by atoms with Crippen molar-refractivity contribution in [3.63, 3.8) is 0 Å². The van der Waals surface area contributed by atoms with Gasteiger partial charge in [0.05, 0.1) is 18.8 Å². The minimum absolute atomic E-state index is 0.552. The summed E-state index contributed by atoms with van der Waals surface area (Å²) in [6.45, 7) is 6.14. The summed E-state index contributed by atoms with van der Waals surface area (Å²) in [5.74, 6) is 1.39. The van der Waals surface area contributed by atoms with Gasteiger partial charge in [-0.15, -0.1) is 0 Å². The third kappa shape index (κ3) is 4.72. The Morgan fingerprint density at radius 2 is 1.81 bits per heavy atom. The molecule has 3 rings (SSSR count). The van der Waals surface area contributed by atoms with Gasteiger partial charge in [0.15, 0.2) is 5.96 Å². The lowest BCUT2D eigenvalue weighted by Gasteiger charge is -2.10. The Kier molecular flexibility index (Phi) is 6.04. The summed E-state index contributed by atoms with van der Waals surface area (Å²) in [6.07, 6.45) is 1.68. The second-order valence-corrected chi connectivity index (χ2v) is 5.99. The number of nitrogens with zero attached hydrogens (tertiary/aromatic N) is 2. The zero-order valence-corrected chi connectivity index (χ0v) is 15.2. The molecular weight excluding hydrogens is 324 g/mol. The van der Waals surface area contributed by atoms with E-state index in [4.69, 9.17) is 4.42 Å². The van der Waals surface area contributed by atoms with E-state index in [9.17, 15) is 0 Å². The molecule has 0 aliphatic rings. The molecule has 134 valence electrons. The van der Waals surface area contributed by atoms with Crippen LogP contribution in [0.4, 0.5) is 0 Å². The molecule has 0 unspecified atom stereocenters. The molecule has 26 heavy (non-hydrogen) atoms. The largest absolute Gasteiger partial charge is 0.444 e. The molecule has 0 radical (unpaired) electrons. The quantitative estimate of drug-likeness (QED) is 0.524. The fraction of sp³-hybridized carbons (Fsp3) is 0.238. The van der Waals surface area contributed by atoms with Gasteiger partial charge in [0.1, 0.15) is 6.26 Å². The first kappa shape index (κ1) is 17.7. The molecular formula is C21H24N4O. The normalized spacial score (nSPS) is 11.4. The van der Waals surface area contributed by atoms with E-state index in [-0.39, 0.29) is 0 Å². The summed E-state index contributed by atoms with van der Waals surface area (Å²) in [5, 5.41) is 6.57. The van der Waals surface area contributed by atoms with Crippen molar-refractivity contribution in [1.82, 2.24) is 15.6 Å². The van der Waals surface area contributed by atoms with Crippen molar-refractivity contribution in [2.24, 2.45) is 4.99 Å². The SMILES string of the molecule is CCNC(=NCc1ccccc1C)NCc1coc(-c2ccccc2)n1. The molecule has 0 saturated heterocycles. The van der Waals surface area contributed by atoms with E-state index < -0.39 is 0 Å². The van der Waals surface area contributed by atoms with Crippen LogP contribution in [0.1, 0.15) is 23.7 Å². The molecule has 1 heterocycles. The lowest BCUT2D eigenvalue weighted by molar-refractivity contribution is 0.572. The molecule has 5 heteroatoms. The van der Waals surface area contributed by atoms with Gasteiger partial charge >= 0.3 is 0 Å². The zero-order chi connectivity index (χ0) is 18.2. The average molecular weight is 348 g/mol. The minimum Gasteiger partial charge on any atom is -0.444 e. The first-order chi connectivity index (χ1) is 12.8. The maximum Gasteiger partial charge on any atom is 0.226 e. The number of rotatable bonds is 6. The fourth-order valence-corrected chi connectivity index (χ4v) is 2.57. The lowest BCUT2D eigenvalue weighted by Crippen LogP contribution is -2.36. The summed E-state index contributed by atoms with van der Waals surface area (Å²) in [6, 6.07) is 18.2. The maximum atomic E-state index is 5.58. The second-order valence-electron chi connectivity index (χ2n) is 5.99. The van der Waals surface area contributed by atoms with E-state index in [0.717, 1.165) is 23.8 Å². The van der Waals surface area contributed by atoms with E-state index in [1.165, 1.54) is 11.1 Å². The number of guanidine groups is 1. The van der Waals surface area contributed by atoms with Crippen LogP contribution in [-0.4, -0.2) is 17.5 Å². The predicted octanol–water partition coefficient (Wildman–Crippen LogP) is 3.91. The third-order valence-corrected chi connectivity index (χ3v) is 4.02. The molecule has 0 bridgehead atoms. The van der Waals surface area contributed by atoms with E-state index >= 15 is 0 Å². The standard InChI is InChI=1S/C21H24N4O/c1-3-22-21(23-13-18-12-8-7-9-16(18)2)24-14-19-15-26-20(25-19)17-10-5-4-6-11-17/h4-12,15H,3,13-14H2,1-2H3,(H2,22,23,24). The van der Waals surface area contributed by atoms with E-state index in [1.54, 1.807) is 6.26 Å². The highest BCUT2D eigenvalue weighted by Gasteiger charge is 2.07. The number of aliphatic imine (C=N–C) groups is 1. The van der Waals surface area contributed by atoms with Crippen molar-refractivity contribution in [1.29, 1.82) is 0 Å². The van der Waals surface area contributed by atoms with Gasteiger partial charge in [-0.1, -0.05) is 42.5 Å². The van der Waals surface area contributed by atoms with Gasteiger partial charge in [0.2, 0.25) is 5.89 Å². The molecule has 3 aromatic rings. The van der Waals surface area contributed by atoms with Crippen molar-refractivity contribution in [2.45, 2.75) is 26.9 Å². The Morgan fingerprint density at radius 3 is 2.58 bits per heavy atom. The van der Waals surface area contributed by atoms with E-state index in [1.807, 2.05) is 42.5 Å². The second kappa shape index (κ2) is 8.85. The summed E-state index contributed by atoms with van der Waals surface area (Å²) in [4.78, 5) is 9.19. The summed E-state index contributed by atoms with van der Waals surface area (Å²) < 4.78 is 5.58. The lowest BCUT2D eigenvalue weighted by atomic mass is 10.1. The number of oxazole rings is 1. The molecule has 5 nitrogen and oxygen atoms in total.